The molecule has 2 aliphatic heterocycles. The summed E-state index contributed by atoms with van der Waals surface area (Å²) in [6.45, 7) is 7.30. The zero-order chi connectivity index (χ0) is 16.2. The first-order chi connectivity index (χ1) is 11.2. The van der Waals surface area contributed by atoms with Crippen LogP contribution in [0.2, 0.25) is 0 Å². The van der Waals surface area contributed by atoms with Crippen molar-refractivity contribution >= 4 is 5.91 Å². The predicted octanol–water partition coefficient (Wildman–Crippen LogP) is 2.54. The van der Waals surface area contributed by atoms with E-state index in [1.807, 2.05) is 6.07 Å². The smallest absolute Gasteiger partial charge is 0.231 e. The van der Waals surface area contributed by atoms with Gasteiger partial charge in [0.15, 0.2) is 11.5 Å². The number of benzene rings is 1. The lowest BCUT2D eigenvalue weighted by atomic mass is 9.95. The fraction of sp³-hybridized carbons (Fsp3) is 0.611. The van der Waals surface area contributed by atoms with Gasteiger partial charge in [0.25, 0.3) is 0 Å². The normalized spacial score (nSPS) is 19.6. The Bertz CT molecular complexity index is 553. The summed E-state index contributed by atoms with van der Waals surface area (Å²) in [4.78, 5) is 14.6. The minimum atomic E-state index is 0.164. The van der Waals surface area contributed by atoms with E-state index in [0.717, 1.165) is 50.4 Å². The Morgan fingerprint density at radius 3 is 2.78 bits per heavy atom. The number of likely N-dealkylation sites (tertiary alicyclic amines) is 1. The highest BCUT2D eigenvalue weighted by atomic mass is 16.7. The summed E-state index contributed by atoms with van der Waals surface area (Å²) in [5, 5.41) is 3.10. The molecule has 0 aliphatic carbocycles. The lowest BCUT2D eigenvalue weighted by molar-refractivity contribution is -0.127. The molecule has 1 aromatic carbocycles. The molecule has 5 heteroatoms. The number of amides is 1. The average Bonchev–Trinajstić information content (AvgIpc) is 3.03. The van der Waals surface area contributed by atoms with E-state index in [1.165, 1.54) is 5.56 Å². The fourth-order valence-electron chi connectivity index (χ4n) is 3.11. The molecule has 5 nitrogen and oxygen atoms in total. The number of nitrogens with one attached hydrogen (secondary N) is 1. The van der Waals surface area contributed by atoms with Gasteiger partial charge in [-0.3, -0.25) is 9.69 Å². The van der Waals surface area contributed by atoms with Crippen LogP contribution >= 0.6 is 0 Å². The van der Waals surface area contributed by atoms with Gasteiger partial charge in [-0.1, -0.05) is 13.0 Å². The van der Waals surface area contributed by atoms with Crippen LogP contribution < -0.4 is 14.8 Å². The van der Waals surface area contributed by atoms with Crippen molar-refractivity contribution in [2.45, 2.75) is 45.7 Å². The molecule has 1 N–H and O–H groups in total. The van der Waals surface area contributed by atoms with E-state index in [-0.39, 0.29) is 17.9 Å². The number of hydrogen-bond donors (Lipinski definition) is 1. The molecule has 0 saturated carbocycles. The molecule has 126 valence electrons. The van der Waals surface area contributed by atoms with Crippen LogP contribution in [0.4, 0.5) is 0 Å². The minimum Gasteiger partial charge on any atom is -0.454 e. The van der Waals surface area contributed by atoms with Crippen molar-refractivity contribution in [1.29, 1.82) is 0 Å². The van der Waals surface area contributed by atoms with E-state index in [4.69, 9.17) is 9.47 Å². The van der Waals surface area contributed by atoms with Crippen LogP contribution in [0.1, 0.15) is 38.7 Å². The number of carbonyl (C=O) groups excluding carboxylic acids is 1. The highest BCUT2D eigenvalue weighted by Crippen LogP contribution is 2.33. The molecule has 0 aromatic heterocycles. The van der Waals surface area contributed by atoms with Gasteiger partial charge >= 0.3 is 0 Å². The van der Waals surface area contributed by atoms with E-state index in [2.05, 4.69) is 36.2 Å². The topological polar surface area (TPSA) is 50.8 Å². The van der Waals surface area contributed by atoms with E-state index in [9.17, 15) is 4.79 Å². The van der Waals surface area contributed by atoms with Gasteiger partial charge in [-0.05, 0) is 57.0 Å². The monoisotopic (exact) mass is 318 g/mol. The standard InChI is InChI=1S/C18H26N2O3/c1-3-13(2)19-18(21)15-6-8-20(9-7-15)11-14-4-5-16-17(10-14)23-12-22-16/h4-5,10,13,15H,3,6-9,11-12H2,1-2H3,(H,19,21). The Labute approximate surface area is 137 Å². The second-order valence-electron chi connectivity index (χ2n) is 6.56. The Morgan fingerprint density at radius 1 is 1.30 bits per heavy atom. The van der Waals surface area contributed by atoms with Crippen LogP contribution in [0, 0.1) is 5.92 Å². The summed E-state index contributed by atoms with van der Waals surface area (Å²) in [7, 11) is 0. The number of rotatable bonds is 5. The van der Waals surface area contributed by atoms with Crippen molar-refractivity contribution in [1.82, 2.24) is 10.2 Å². The third-order valence-corrected chi connectivity index (χ3v) is 4.80. The van der Waals surface area contributed by atoms with Crippen molar-refractivity contribution < 1.29 is 14.3 Å². The van der Waals surface area contributed by atoms with Gasteiger partial charge in [0.2, 0.25) is 12.7 Å². The lowest BCUT2D eigenvalue weighted by Gasteiger charge is -2.31. The van der Waals surface area contributed by atoms with Crippen LogP contribution in [0.5, 0.6) is 11.5 Å². The molecule has 3 rings (SSSR count). The summed E-state index contributed by atoms with van der Waals surface area (Å²) >= 11 is 0. The van der Waals surface area contributed by atoms with Gasteiger partial charge in [0.05, 0.1) is 0 Å². The first kappa shape index (κ1) is 16.1. The molecule has 0 radical (unpaired) electrons. The third-order valence-electron chi connectivity index (χ3n) is 4.80. The second-order valence-corrected chi connectivity index (χ2v) is 6.56. The molecule has 1 unspecified atom stereocenters. The maximum atomic E-state index is 12.2. The van der Waals surface area contributed by atoms with Gasteiger partial charge in [-0.2, -0.15) is 0 Å². The molecule has 1 fully saturated rings. The minimum absolute atomic E-state index is 0.164. The van der Waals surface area contributed by atoms with Crippen LogP contribution in [0.15, 0.2) is 18.2 Å². The Hall–Kier alpha value is -1.75. The van der Waals surface area contributed by atoms with Gasteiger partial charge in [0.1, 0.15) is 0 Å². The molecule has 2 aliphatic rings. The first-order valence-corrected chi connectivity index (χ1v) is 8.57. The first-order valence-electron chi connectivity index (χ1n) is 8.57. The van der Waals surface area contributed by atoms with E-state index < -0.39 is 0 Å². The average molecular weight is 318 g/mol. The van der Waals surface area contributed by atoms with Crippen molar-refractivity contribution in [2.24, 2.45) is 5.92 Å². The number of hydrogen-bond acceptors (Lipinski definition) is 4. The van der Waals surface area contributed by atoms with Crippen LogP contribution in [-0.4, -0.2) is 36.7 Å². The largest absolute Gasteiger partial charge is 0.454 e. The summed E-state index contributed by atoms with van der Waals surface area (Å²) < 4.78 is 10.8. The molecule has 2 heterocycles. The van der Waals surface area contributed by atoms with Gasteiger partial charge in [0, 0.05) is 18.5 Å². The molecule has 1 aromatic rings. The zero-order valence-electron chi connectivity index (χ0n) is 14.0. The predicted molar refractivity (Wildman–Crippen MR) is 88.5 cm³/mol. The fourth-order valence-corrected chi connectivity index (χ4v) is 3.11. The summed E-state index contributed by atoms with van der Waals surface area (Å²) in [6, 6.07) is 6.40. The number of nitrogens with zero attached hydrogens (tertiary/aromatic N) is 1. The SMILES string of the molecule is CCC(C)NC(=O)C1CCN(Cc2ccc3c(c2)OCO3)CC1. The lowest BCUT2D eigenvalue weighted by Crippen LogP contribution is -2.42. The zero-order valence-corrected chi connectivity index (χ0v) is 14.0. The van der Waals surface area contributed by atoms with E-state index in [1.54, 1.807) is 0 Å². The Kier molecular flexibility index (Phi) is 5.06. The maximum Gasteiger partial charge on any atom is 0.231 e. The molecule has 1 atom stereocenters. The van der Waals surface area contributed by atoms with Gasteiger partial charge in [-0.15, -0.1) is 0 Å². The van der Waals surface area contributed by atoms with Crippen molar-refractivity contribution in [3.8, 4) is 11.5 Å². The summed E-state index contributed by atoms with van der Waals surface area (Å²) in [5.41, 5.74) is 1.23. The molecule has 0 bridgehead atoms. The van der Waals surface area contributed by atoms with Crippen LogP contribution in [0.25, 0.3) is 0 Å². The molecule has 0 spiro atoms. The van der Waals surface area contributed by atoms with Crippen molar-refractivity contribution in [3.05, 3.63) is 23.8 Å². The summed E-state index contributed by atoms with van der Waals surface area (Å²) in [6.07, 6.45) is 2.86. The van der Waals surface area contributed by atoms with Gasteiger partial charge < -0.3 is 14.8 Å². The van der Waals surface area contributed by atoms with Crippen molar-refractivity contribution in [3.63, 3.8) is 0 Å². The van der Waals surface area contributed by atoms with E-state index in [0.29, 0.717) is 6.79 Å². The Morgan fingerprint density at radius 2 is 2.04 bits per heavy atom. The second kappa shape index (κ2) is 7.21. The van der Waals surface area contributed by atoms with Crippen molar-refractivity contribution in [2.75, 3.05) is 19.9 Å². The third kappa shape index (κ3) is 3.96. The Balaban J connectivity index is 1.48. The van der Waals surface area contributed by atoms with E-state index >= 15 is 0 Å². The molecule has 1 amide bonds. The number of fused-ring (bicyclic) bond motifs is 1. The molecular formula is C18H26N2O3. The highest BCUT2D eigenvalue weighted by Gasteiger charge is 2.25. The highest BCUT2D eigenvalue weighted by molar-refractivity contribution is 5.79. The van der Waals surface area contributed by atoms with Crippen LogP contribution in [0.3, 0.4) is 0 Å². The molecule has 1 saturated heterocycles. The number of carbonyl (C=O) groups is 1. The van der Waals surface area contributed by atoms with Gasteiger partial charge in [-0.25, -0.2) is 0 Å². The number of ether oxygens (including phenoxy) is 2. The van der Waals surface area contributed by atoms with Crippen LogP contribution in [-0.2, 0) is 11.3 Å². The summed E-state index contributed by atoms with van der Waals surface area (Å²) in [5.74, 6) is 2.05. The molecule has 23 heavy (non-hydrogen) atoms. The number of piperidine rings is 1. The maximum absolute atomic E-state index is 12.2. The quantitative estimate of drug-likeness (QED) is 0.906. The molecular weight excluding hydrogens is 292 g/mol.